The van der Waals surface area contributed by atoms with Gasteiger partial charge in [-0.15, -0.1) is 0 Å². The van der Waals surface area contributed by atoms with Gasteiger partial charge in [0.05, 0.1) is 16.7 Å². The summed E-state index contributed by atoms with van der Waals surface area (Å²) in [7, 11) is 0. The third kappa shape index (κ3) is 2.74. The smallest absolute Gasteiger partial charge is 0.186 e. The minimum absolute atomic E-state index is 0.259. The Bertz CT molecular complexity index is 400. The average Bonchev–Trinajstić information content (AvgIpc) is 2.22. The number of allylic oxidation sites excluding steroid dienone is 1. The van der Waals surface area contributed by atoms with E-state index < -0.39 is 0 Å². The molecule has 0 N–H and O–H groups in total. The number of halogens is 2. The van der Waals surface area contributed by atoms with Gasteiger partial charge in [-0.2, -0.15) is 0 Å². The molecule has 1 aromatic rings. The summed E-state index contributed by atoms with van der Waals surface area (Å²) >= 11 is 11.8. The summed E-state index contributed by atoms with van der Waals surface area (Å²) in [6.45, 7) is 5.72. The van der Waals surface area contributed by atoms with Crippen LogP contribution in [0.2, 0.25) is 10.0 Å². The molecule has 0 spiro atoms. The molecule has 0 amide bonds. The third-order valence-electron chi connectivity index (χ3n) is 1.77. The molecule has 0 atom stereocenters. The second-order valence-corrected chi connectivity index (χ2v) is 3.58. The first kappa shape index (κ1) is 12.1. The highest BCUT2D eigenvalue weighted by Crippen LogP contribution is 2.31. The lowest BCUT2D eigenvalue weighted by Gasteiger charge is -2.08. The summed E-state index contributed by atoms with van der Waals surface area (Å²) in [4.78, 5) is 11.4. The van der Waals surface area contributed by atoms with Gasteiger partial charge >= 0.3 is 0 Å². The number of carbonyl (C=O) groups is 1. The van der Waals surface area contributed by atoms with Crippen LogP contribution in [-0.4, -0.2) is 12.4 Å². The second kappa shape index (κ2) is 5.19. The van der Waals surface area contributed by atoms with Crippen LogP contribution in [0.1, 0.15) is 17.3 Å². The molecule has 0 aromatic heterocycles. The Morgan fingerprint density at radius 2 is 2.13 bits per heavy atom. The van der Waals surface area contributed by atoms with Gasteiger partial charge in [0.15, 0.2) is 5.78 Å². The van der Waals surface area contributed by atoms with E-state index in [1.807, 2.05) is 6.92 Å². The monoisotopic (exact) mass is 244 g/mol. The molecule has 0 saturated heterocycles. The Labute approximate surface area is 98.4 Å². The van der Waals surface area contributed by atoms with Gasteiger partial charge in [-0.3, -0.25) is 4.79 Å². The molecule has 0 bridgehead atoms. The molecule has 0 aliphatic heterocycles. The first-order valence-electron chi connectivity index (χ1n) is 4.38. The van der Waals surface area contributed by atoms with Crippen LogP contribution in [-0.2, 0) is 0 Å². The molecule has 0 radical (unpaired) electrons. The van der Waals surface area contributed by atoms with Gasteiger partial charge in [0.2, 0.25) is 0 Å². The lowest BCUT2D eigenvalue weighted by atomic mass is 10.1. The van der Waals surface area contributed by atoms with E-state index >= 15 is 0 Å². The van der Waals surface area contributed by atoms with Crippen LogP contribution in [0.3, 0.4) is 0 Å². The van der Waals surface area contributed by atoms with Crippen LogP contribution >= 0.6 is 23.2 Å². The van der Waals surface area contributed by atoms with E-state index in [0.717, 1.165) is 0 Å². The molecule has 0 fully saturated rings. The Morgan fingerprint density at radius 1 is 1.47 bits per heavy atom. The van der Waals surface area contributed by atoms with E-state index in [2.05, 4.69) is 6.58 Å². The van der Waals surface area contributed by atoms with Crippen molar-refractivity contribution in [3.8, 4) is 5.75 Å². The van der Waals surface area contributed by atoms with Crippen LogP contribution in [0, 0.1) is 0 Å². The van der Waals surface area contributed by atoms with Crippen molar-refractivity contribution >= 4 is 29.0 Å². The van der Waals surface area contributed by atoms with Gasteiger partial charge in [-0.25, -0.2) is 0 Å². The number of hydrogen-bond acceptors (Lipinski definition) is 2. The van der Waals surface area contributed by atoms with Crippen LogP contribution < -0.4 is 4.74 Å². The lowest BCUT2D eigenvalue weighted by Crippen LogP contribution is -1.98. The standard InChI is InChI=1S/C11H10Cl2O2/c1-3-10(14)7-5-9(13)11(15-4-2)6-8(7)12/h3,5-6H,1,4H2,2H3. The molecule has 15 heavy (non-hydrogen) atoms. The minimum atomic E-state index is -0.259. The van der Waals surface area contributed by atoms with Crippen molar-refractivity contribution in [1.82, 2.24) is 0 Å². The van der Waals surface area contributed by atoms with E-state index in [1.165, 1.54) is 18.2 Å². The molecule has 0 unspecified atom stereocenters. The molecule has 0 heterocycles. The summed E-state index contributed by atoms with van der Waals surface area (Å²) < 4.78 is 5.23. The first-order valence-corrected chi connectivity index (χ1v) is 5.14. The van der Waals surface area contributed by atoms with Crippen molar-refractivity contribution in [3.05, 3.63) is 40.4 Å². The molecule has 0 saturated carbocycles. The molecular weight excluding hydrogens is 235 g/mol. The number of hydrogen-bond donors (Lipinski definition) is 0. The summed E-state index contributed by atoms with van der Waals surface area (Å²) in [5.74, 6) is 0.217. The van der Waals surface area contributed by atoms with E-state index in [9.17, 15) is 4.79 Å². The number of ketones is 1. The van der Waals surface area contributed by atoms with E-state index in [-0.39, 0.29) is 5.78 Å². The Balaban J connectivity index is 3.18. The van der Waals surface area contributed by atoms with Gasteiger partial charge in [0, 0.05) is 11.6 Å². The van der Waals surface area contributed by atoms with Crippen molar-refractivity contribution in [2.75, 3.05) is 6.61 Å². The number of benzene rings is 1. The lowest BCUT2D eigenvalue weighted by molar-refractivity contribution is 0.104. The van der Waals surface area contributed by atoms with Crippen molar-refractivity contribution in [2.24, 2.45) is 0 Å². The molecule has 4 heteroatoms. The van der Waals surface area contributed by atoms with Gasteiger partial charge in [0.25, 0.3) is 0 Å². The molecular formula is C11H10Cl2O2. The summed E-state index contributed by atoms with van der Waals surface area (Å²) in [6, 6.07) is 3.02. The summed E-state index contributed by atoms with van der Waals surface area (Å²) in [5.41, 5.74) is 0.333. The van der Waals surface area contributed by atoms with Crippen molar-refractivity contribution in [2.45, 2.75) is 6.92 Å². The SMILES string of the molecule is C=CC(=O)c1cc(Cl)c(OCC)cc1Cl. The predicted molar refractivity (Wildman–Crippen MR) is 62.2 cm³/mol. The zero-order valence-electron chi connectivity index (χ0n) is 8.22. The molecule has 2 nitrogen and oxygen atoms in total. The van der Waals surface area contributed by atoms with E-state index in [4.69, 9.17) is 27.9 Å². The Morgan fingerprint density at radius 3 is 2.67 bits per heavy atom. The number of carbonyl (C=O) groups excluding carboxylic acids is 1. The highest BCUT2D eigenvalue weighted by molar-refractivity contribution is 6.37. The fourth-order valence-electron chi connectivity index (χ4n) is 1.09. The number of ether oxygens (including phenoxy) is 1. The van der Waals surface area contributed by atoms with Crippen LogP contribution in [0.5, 0.6) is 5.75 Å². The van der Waals surface area contributed by atoms with Gasteiger partial charge in [-0.1, -0.05) is 29.8 Å². The van der Waals surface area contributed by atoms with Crippen LogP contribution in [0.4, 0.5) is 0 Å². The zero-order valence-corrected chi connectivity index (χ0v) is 9.73. The molecule has 1 aromatic carbocycles. The summed E-state index contributed by atoms with van der Waals surface area (Å²) in [5, 5.41) is 0.680. The highest BCUT2D eigenvalue weighted by atomic mass is 35.5. The average molecular weight is 245 g/mol. The Kier molecular flexibility index (Phi) is 4.18. The third-order valence-corrected chi connectivity index (χ3v) is 2.38. The fraction of sp³-hybridized carbons (Fsp3) is 0.182. The van der Waals surface area contributed by atoms with Crippen LogP contribution in [0.15, 0.2) is 24.8 Å². The van der Waals surface area contributed by atoms with Crippen molar-refractivity contribution in [3.63, 3.8) is 0 Å². The molecule has 1 rings (SSSR count). The fourth-order valence-corrected chi connectivity index (χ4v) is 1.56. The normalized spacial score (nSPS) is 9.80. The molecule has 0 aliphatic carbocycles. The van der Waals surface area contributed by atoms with Crippen molar-refractivity contribution in [1.29, 1.82) is 0 Å². The minimum Gasteiger partial charge on any atom is -0.492 e. The first-order chi connectivity index (χ1) is 7.10. The largest absolute Gasteiger partial charge is 0.492 e. The zero-order chi connectivity index (χ0) is 11.4. The number of rotatable bonds is 4. The highest BCUT2D eigenvalue weighted by Gasteiger charge is 2.12. The summed E-state index contributed by atoms with van der Waals surface area (Å²) in [6.07, 6.45) is 1.19. The van der Waals surface area contributed by atoms with E-state index in [0.29, 0.717) is 28.0 Å². The maximum atomic E-state index is 11.4. The van der Waals surface area contributed by atoms with E-state index in [1.54, 1.807) is 0 Å². The van der Waals surface area contributed by atoms with Gasteiger partial charge < -0.3 is 4.74 Å². The predicted octanol–water partition coefficient (Wildman–Crippen LogP) is 3.76. The van der Waals surface area contributed by atoms with Gasteiger partial charge in [-0.05, 0) is 19.1 Å². The van der Waals surface area contributed by atoms with Crippen molar-refractivity contribution < 1.29 is 9.53 Å². The van der Waals surface area contributed by atoms with Crippen LogP contribution in [0.25, 0.3) is 0 Å². The topological polar surface area (TPSA) is 26.3 Å². The maximum absolute atomic E-state index is 11.4. The second-order valence-electron chi connectivity index (χ2n) is 2.76. The molecule has 80 valence electrons. The quantitative estimate of drug-likeness (QED) is 0.596. The molecule has 0 aliphatic rings. The van der Waals surface area contributed by atoms with Gasteiger partial charge in [0.1, 0.15) is 5.75 Å². The maximum Gasteiger partial charge on any atom is 0.186 e. The Hall–Kier alpha value is -0.990.